The maximum absolute atomic E-state index is 13.2. The van der Waals surface area contributed by atoms with Crippen LogP contribution in [0.5, 0.6) is 0 Å². The van der Waals surface area contributed by atoms with Crippen LogP contribution in [-0.2, 0) is 14.8 Å². The fourth-order valence-electron chi connectivity index (χ4n) is 3.58. The molecule has 0 bridgehead atoms. The summed E-state index contributed by atoms with van der Waals surface area (Å²) in [6.45, 7) is 4.89. The molecule has 11 heteroatoms. The Morgan fingerprint density at radius 3 is 2.47 bits per heavy atom. The van der Waals surface area contributed by atoms with Crippen molar-refractivity contribution in [2.24, 2.45) is 0 Å². The van der Waals surface area contributed by atoms with Gasteiger partial charge in [-0.1, -0.05) is 53.3 Å². The lowest BCUT2D eigenvalue weighted by molar-refractivity contribution is -0.113. The number of aromatic nitrogens is 2. The van der Waals surface area contributed by atoms with E-state index < -0.39 is 10.0 Å². The largest absolute Gasteiger partial charge is 0.330 e. The highest BCUT2D eigenvalue weighted by atomic mass is 32.2. The molecule has 34 heavy (non-hydrogen) atoms. The van der Waals surface area contributed by atoms with Crippen LogP contribution >= 0.6 is 23.1 Å². The third-order valence-corrected chi connectivity index (χ3v) is 9.29. The number of aryl methyl sites for hydroxylation is 2. The van der Waals surface area contributed by atoms with E-state index >= 15 is 0 Å². The Labute approximate surface area is 208 Å². The molecule has 1 saturated heterocycles. The zero-order valence-corrected chi connectivity index (χ0v) is 21.5. The van der Waals surface area contributed by atoms with Gasteiger partial charge in [0, 0.05) is 18.8 Å². The molecular formula is C23H27N5O3S3. The van der Waals surface area contributed by atoms with Crippen LogP contribution in [0.3, 0.4) is 0 Å². The van der Waals surface area contributed by atoms with E-state index in [1.165, 1.54) is 33.0 Å². The minimum Gasteiger partial charge on any atom is -0.330 e. The van der Waals surface area contributed by atoms with Gasteiger partial charge in [-0.05, 0) is 56.5 Å². The molecule has 3 aromatic rings. The zero-order chi connectivity index (χ0) is 24.1. The van der Waals surface area contributed by atoms with Crippen molar-refractivity contribution in [2.45, 2.75) is 42.3 Å². The number of hydrogen-bond donors (Lipinski definition) is 2. The highest BCUT2D eigenvalue weighted by Gasteiger charge is 2.29. The van der Waals surface area contributed by atoms with Gasteiger partial charge < -0.3 is 10.6 Å². The Bertz CT molecular complexity index is 1250. The van der Waals surface area contributed by atoms with E-state index in [-0.39, 0.29) is 16.6 Å². The van der Waals surface area contributed by atoms with Crippen molar-refractivity contribution in [3.05, 3.63) is 53.6 Å². The van der Waals surface area contributed by atoms with Gasteiger partial charge in [0.15, 0.2) is 4.34 Å². The summed E-state index contributed by atoms with van der Waals surface area (Å²) in [7, 11) is -3.67. The van der Waals surface area contributed by atoms with E-state index in [9.17, 15) is 13.2 Å². The molecule has 0 saturated carbocycles. The predicted molar refractivity (Wildman–Crippen MR) is 138 cm³/mol. The number of rotatable bonds is 8. The van der Waals surface area contributed by atoms with E-state index in [1.54, 1.807) is 18.2 Å². The number of sulfonamides is 1. The van der Waals surface area contributed by atoms with Crippen LogP contribution in [0.2, 0.25) is 0 Å². The molecule has 4 rings (SSSR count). The van der Waals surface area contributed by atoms with Crippen LogP contribution in [0.15, 0.2) is 51.7 Å². The molecule has 0 atom stereocenters. The first kappa shape index (κ1) is 24.6. The fraction of sp³-hybridized carbons (Fsp3) is 0.348. The molecular weight excluding hydrogens is 490 g/mol. The quantitative estimate of drug-likeness (QED) is 0.414. The molecule has 1 amide bonds. The number of hydrogen-bond acceptors (Lipinski definition) is 8. The van der Waals surface area contributed by atoms with Crippen LogP contribution in [0.1, 0.15) is 30.4 Å². The van der Waals surface area contributed by atoms with Gasteiger partial charge in [0.1, 0.15) is 4.90 Å². The number of piperidine rings is 1. The maximum atomic E-state index is 13.2. The number of nitrogens with zero attached hydrogens (tertiary/aromatic N) is 3. The van der Waals surface area contributed by atoms with E-state index in [0.717, 1.165) is 30.5 Å². The maximum Gasteiger partial charge on any atom is 0.245 e. The van der Waals surface area contributed by atoms with Gasteiger partial charge in [0.2, 0.25) is 21.1 Å². The number of benzene rings is 2. The molecule has 1 fully saturated rings. The van der Waals surface area contributed by atoms with Gasteiger partial charge in [-0.25, -0.2) is 8.42 Å². The number of anilines is 3. The Hall–Kier alpha value is -2.47. The van der Waals surface area contributed by atoms with Crippen LogP contribution in [-0.4, -0.2) is 47.7 Å². The van der Waals surface area contributed by atoms with Gasteiger partial charge >= 0.3 is 0 Å². The number of thioether (sulfide) groups is 1. The van der Waals surface area contributed by atoms with Crippen LogP contribution in [0.25, 0.3) is 0 Å². The third-order valence-electron chi connectivity index (χ3n) is 5.38. The molecule has 2 aromatic carbocycles. The normalized spacial score (nSPS) is 14.6. The molecule has 1 aliphatic rings. The van der Waals surface area contributed by atoms with Gasteiger partial charge in [0.05, 0.1) is 11.4 Å². The zero-order valence-electron chi connectivity index (χ0n) is 19.1. The van der Waals surface area contributed by atoms with Crippen LogP contribution < -0.4 is 10.6 Å². The number of amides is 1. The lowest BCUT2D eigenvalue weighted by Gasteiger charge is -2.27. The number of carbonyl (C=O) groups excluding carboxylic acids is 1. The summed E-state index contributed by atoms with van der Waals surface area (Å²) in [6, 6.07) is 13.0. The molecule has 0 spiro atoms. The minimum atomic E-state index is -3.67. The van der Waals surface area contributed by atoms with Crippen molar-refractivity contribution in [2.75, 3.05) is 29.5 Å². The van der Waals surface area contributed by atoms with E-state index in [2.05, 4.69) is 20.8 Å². The molecule has 1 aliphatic heterocycles. The molecule has 0 aliphatic carbocycles. The van der Waals surface area contributed by atoms with Crippen molar-refractivity contribution in [3.63, 3.8) is 0 Å². The van der Waals surface area contributed by atoms with Crippen LogP contribution in [0.4, 0.5) is 16.5 Å². The lowest BCUT2D eigenvalue weighted by Crippen LogP contribution is -2.36. The summed E-state index contributed by atoms with van der Waals surface area (Å²) < 4.78 is 28.6. The molecule has 0 unspecified atom stereocenters. The van der Waals surface area contributed by atoms with E-state index in [0.29, 0.717) is 28.2 Å². The van der Waals surface area contributed by atoms with Gasteiger partial charge in [-0.2, -0.15) is 4.31 Å². The first-order valence-corrected chi connectivity index (χ1v) is 14.3. The Balaban J connectivity index is 1.39. The predicted octanol–water partition coefficient (Wildman–Crippen LogP) is 4.80. The van der Waals surface area contributed by atoms with Gasteiger partial charge in [0.25, 0.3) is 0 Å². The molecule has 8 nitrogen and oxygen atoms in total. The van der Waals surface area contributed by atoms with Gasteiger partial charge in [-0.3, -0.25) is 4.79 Å². The average molecular weight is 518 g/mol. The SMILES string of the molecule is Cc1ccc(Nc2nnc(SCC(=O)Nc3ccc(C)cc3S(=O)(=O)N3CCCCC3)s2)cc1. The summed E-state index contributed by atoms with van der Waals surface area (Å²) in [5.74, 6) is -0.205. The molecule has 2 heterocycles. The van der Waals surface area contributed by atoms with Crippen molar-refractivity contribution in [1.29, 1.82) is 0 Å². The summed E-state index contributed by atoms with van der Waals surface area (Å²) in [6.07, 6.45) is 2.74. The highest BCUT2D eigenvalue weighted by Crippen LogP contribution is 2.30. The van der Waals surface area contributed by atoms with Crippen molar-refractivity contribution < 1.29 is 13.2 Å². The third kappa shape index (κ3) is 6.15. The topological polar surface area (TPSA) is 104 Å². The Morgan fingerprint density at radius 1 is 1.03 bits per heavy atom. The van der Waals surface area contributed by atoms with Crippen molar-refractivity contribution in [3.8, 4) is 0 Å². The second kappa shape index (κ2) is 10.9. The summed E-state index contributed by atoms with van der Waals surface area (Å²) >= 11 is 2.61. The lowest BCUT2D eigenvalue weighted by atomic mass is 10.2. The Morgan fingerprint density at radius 2 is 1.74 bits per heavy atom. The van der Waals surface area contributed by atoms with E-state index in [4.69, 9.17) is 0 Å². The van der Waals surface area contributed by atoms with Gasteiger partial charge in [-0.15, -0.1) is 10.2 Å². The summed E-state index contributed by atoms with van der Waals surface area (Å²) in [5, 5.41) is 14.9. The smallest absolute Gasteiger partial charge is 0.245 e. The van der Waals surface area contributed by atoms with Crippen LogP contribution in [0, 0.1) is 13.8 Å². The highest BCUT2D eigenvalue weighted by molar-refractivity contribution is 8.01. The summed E-state index contributed by atoms with van der Waals surface area (Å²) in [5.41, 5.74) is 3.22. The molecule has 1 aromatic heterocycles. The number of nitrogens with one attached hydrogen (secondary N) is 2. The Kier molecular flexibility index (Phi) is 7.87. The first-order chi connectivity index (χ1) is 16.3. The van der Waals surface area contributed by atoms with Crippen molar-refractivity contribution >= 4 is 55.5 Å². The standard InChI is InChI=1S/C23H27N5O3S3/c1-16-6-9-18(10-7-16)24-22-26-27-23(33-22)32-15-21(29)25-19-11-8-17(2)14-20(19)34(30,31)28-12-4-3-5-13-28/h6-11,14H,3-5,12-13,15H2,1-2H3,(H,24,26)(H,25,29). The second-order valence-electron chi connectivity index (χ2n) is 8.17. The first-order valence-electron chi connectivity index (χ1n) is 11.0. The molecule has 0 radical (unpaired) electrons. The number of carbonyl (C=O) groups is 1. The second-order valence-corrected chi connectivity index (χ2v) is 12.3. The fourth-order valence-corrected chi connectivity index (χ4v) is 6.90. The molecule has 2 N–H and O–H groups in total. The minimum absolute atomic E-state index is 0.0935. The molecule has 180 valence electrons. The van der Waals surface area contributed by atoms with E-state index in [1.807, 2.05) is 38.1 Å². The van der Waals surface area contributed by atoms with Crippen molar-refractivity contribution in [1.82, 2.24) is 14.5 Å². The average Bonchev–Trinajstić information content (AvgIpc) is 3.28. The summed E-state index contributed by atoms with van der Waals surface area (Å²) in [4.78, 5) is 12.8. The monoisotopic (exact) mass is 517 g/mol.